The molecule has 4 heteroatoms. The number of hydrogen-bond acceptors (Lipinski definition) is 4. The van der Waals surface area contributed by atoms with Crippen molar-refractivity contribution in [3.05, 3.63) is 43.8 Å². The number of rotatable bonds is 3. The minimum Gasteiger partial charge on any atom is -0.271 e. The summed E-state index contributed by atoms with van der Waals surface area (Å²) < 4.78 is 0. The summed E-state index contributed by atoms with van der Waals surface area (Å²) in [5.41, 5.74) is 5.94. The van der Waals surface area contributed by atoms with Crippen LogP contribution in [0.5, 0.6) is 0 Å². The molecule has 2 atom stereocenters. The summed E-state index contributed by atoms with van der Waals surface area (Å²) in [6.45, 7) is 2.18. The average Bonchev–Trinajstić information content (AvgIpc) is 3.00. The summed E-state index contributed by atoms with van der Waals surface area (Å²) in [5, 5.41) is 4.38. The Morgan fingerprint density at radius 3 is 2.89 bits per heavy atom. The first-order valence-corrected chi connectivity index (χ1v) is 8.13. The van der Waals surface area contributed by atoms with Gasteiger partial charge < -0.3 is 0 Å². The quantitative estimate of drug-likeness (QED) is 0.663. The van der Waals surface area contributed by atoms with Gasteiger partial charge in [0.25, 0.3) is 0 Å². The van der Waals surface area contributed by atoms with Crippen LogP contribution in [-0.4, -0.2) is 0 Å². The molecule has 3 N–H and O–H groups in total. The van der Waals surface area contributed by atoms with Crippen molar-refractivity contribution in [1.29, 1.82) is 0 Å². The third-order valence-corrected chi connectivity index (χ3v) is 5.77. The molecule has 0 saturated carbocycles. The van der Waals surface area contributed by atoms with Crippen molar-refractivity contribution in [3.8, 4) is 0 Å². The third kappa shape index (κ3) is 2.03. The van der Waals surface area contributed by atoms with Crippen LogP contribution in [0.25, 0.3) is 0 Å². The van der Waals surface area contributed by atoms with E-state index in [0.717, 1.165) is 0 Å². The molecular weight excluding hydrogens is 260 g/mol. The van der Waals surface area contributed by atoms with Gasteiger partial charge in [0.05, 0.1) is 6.04 Å². The zero-order valence-corrected chi connectivity index (χ0v) is 12.1. The van der Waals surface area contributed by atoms with Gasteiger partial charge in [-0.05, 0) is 60.2 Å². The summed E-state index contributed by atoms with van der Waals surface area (Å²) in [5.74, 6) is 6.37. The highest BCUT2D eigenvalue weighted by molar-refractivity contribution is 7.10. The number of nitrogens with one attached hydrogen (secondary N) is 1. The highest BCUT2D eigenvalue weighted by atomic mass is 32.1. The minimum atomic E-state index is 0.255. The predicted molar refractivity (Wildman–Crippen MR) is 79.1 cm³/mol. The number of nitrogens with two attached hydrogens (primary N) is 1. The van der Waals surface area contributed by atoms with Gasteiger partial charge in [-0.3, -0.25) is 11.3 Å². The van der Waals surface area contributed by atoms with Gasteiger partial charge in [-0.25, -0.2) is 0 Å². The SMILES string of the molecule is Cc1sccc1C(NN)C1CCCc2sccc21. The Bertz CT molecular complexity index is 529. The Kier molecular flexibility index (Phi) is 3.52. The molecule has 1 aliphatic carbocycles. The molecule has 0 saturated heterocycles. The molecule has 0 bridgehead atoms. The lowest BCUT2D eigenvalue weighted by Gasteiger charge is -2.30. The monoisotopic (exact) mass is 278 g/mol. The van der Waals surface area contributed by atoms with Crippen LogP contribution in [0.1, 0.15) is 45.7 Å². The topological polar surface area (TPSA) is 38.0 Å². The van der Waals surface area contributed by atoms with Crippen LogP contribution < -0.4 is 11.3 Å². The summed E-state index contributed by atoms with van der Waals surface area (Å²) in [6, 6.07) is 4.76. The van der Waals surface area contributed by atoms with Crippen LogP contribution in [-0.2, 0) is 6.42 Å². The molecule has 2 aromatic rings. The van der Waals surface area contributed by atoms with E-state index >= 15 is 0 Å². The Balaban J connectivity index is 1.97. The lowest BCUT2D eigenvalue weighted by atomic mass is 9.80. The number of fused-ring (bicyclic) bond motifs is 1. The molecule has 0 spiro atoms. The molecule has 1 aliphatic rings. The summed E-state index contributed by atoms with van der Waals surface area (Å²) in [4.78, 5) is 2.93. The maximum Gasteiger partial charge on any atom is 0.0539 e. The molecule has 0 radical (unpaired) electrons. The fourth-order valence-corrected chi connectivity index (χ4v) is 4.75. The van der Waals surface area contributed by atoms with E-state index in [9.17, 15) is 0 Å². The van der Waals surface area contributed by atoms with Crippen molar-refractivity contribution in [1.82, 2.24) is 5.43 Å². The molecule has 0 amide bonds. The van der Waals surface area contributed by atoms with Gasteiger partial charge in [0.15, 0.2) is 0 Å². The van der Waals surface area contributed by atoms with Crippen LogP contribution in [0, 0.1) is 6.92 Å². The molecule has 2 heterocycles. The van der Waals surface area contributed by atoms with E-state index in [1.165, 1.54) is 35.3 Å². The molecule has 96 valence electrons. The highest BCUT2D eigenvalue weighted by Crippen LogP contribution is 2.43. The zero-order chi connectivity index (χ0) is 12.5. The van der Waals surface area contributed by atoms with Crippen molar-refractivity contribution in [2.24, 2.45) is 5.84 Å². The summed E-state index contributed by atoms with van der Waals surface area (Å²) in [6.07, 6.45) is 3.75. The average molecular weight is 278 g/mol. The molecular formula is C14H18N2S2. The predicted octanol–water partition coefficient (Wildman–Crippen LogP) is 3.74. The molecule has 3 rings (SSSR count). The van der Waals surface area contributed by atoms with E-state index in [2.05, 4.69) is 35.2 Å². The van der Waals surface area contributed by atoms with Gasteiger partial charge >= 0.3 is 0 Å². The molecule has 2 aromatic heterocycles. The van der Waals surface area contributed by atoms with Crippen molar-refractivity contribution >= 4 is 22.7 Å². The van der Waals surface area contributed by atoms with Gasteiger partial charge in [0.1, 0.15) is 0 Å². The third-order valence-electron chi connectivity index (χ3n) is 3.91. The fourth-order valence-electron chi connectivity index (χ4n) is 3.01. The van der Waals surface area contributed by atoms with Crippen molar-refractivity contribution in [3.63, 3.8) is 0 Å². The number of hydrazine groups is 1. The van der Waals surface area contributed by atoms with Crippen LogP contribution in [0.3, 0.4) is 0 Å². The second-order valence-corrected chi connectivity index (χ2v) is 7.00. The first-order chi connectivity index (χ1) is 8.81. The lowest BCUT2D eigenvalue weighted by molar-refractivity contribution is 0.410. The van der Waals surface area contributed by atoms with Crippen molar-refractivity contribution < 1.29 is 0 Å². The number of aryl methyl sites for hydroxylation is 2. The van der Waals surface area contributed by atoms with Crippen LogP contribution in [0.15, 0.2) is 22.9 Å². The van der Waals surface area contributed by atoms with E-state index < -0.39 is 0 Å². The molecule has 0 aromatic carbocycles. The lowest BCUT2D eigenvalue weighted by Crippen LogP contribution is -2.33. The van der Waals surface area contributed by atoms with Crippen molar-refractivity contribution in [2.45, 2.75) is 38.1 Å². The minimum absolute atomic E-state index is 0.255. The highest BCUT2D eigenvalue weighted by Gasteiger charge is 2.30. The van der Waals surface area contributed by atoms with Gasteiger partial charge in [-0.15, -0.1) is 22.7 Å². The number of thiophene rings is 2. The number of hydrogen-bond donors (Lipinski definition) is 2. The van der Waals surface area contributed by atoms with E-state index in [0.29, 0.717) is 5.92 Å². The summed E-state index contributed by atoms with van der Waals surface area (Å²) in [7, 11) is 0. The zero-order valence-electron chi connectivity index (χ0n) is 10.5. The van der Waals surface area contributed by atoms with Gasteiger partial charge in [0.2, 0.25) is 0 Å². The Morgan fingerprint density at radius 2 is 2.17 bits per heavy atom. The fraction of sp³-hybridized carbons (Fsp3) is 0.429. The second-order valence-electron chi connectivity index (χ2n) is 4.87. The van der Waals surface area contributed by atoms with Crippen LogP contribution >= 0.6 is 22.7 Å². The Labute approximate surface area is 116 Å². The van der Waals surface area contributed by atoms with Gasteiger partial charge in [0, 0.05) is 15.7 Å². The van der Waals surface area contributed by atoms with E-state index in [1.54, 1.807) is 16.2 Å². The Hall–Kier alpha value is -0.680. The van der Waals surface area contributed by atoms with Crippen LogP contribution in [0.4, 0.5) is 0 Å². The normalized spacial score (nSPS) is 20.7. The van der Waals surface area contributed by atoms with E-state index in [-0.39, 0.29) is 6.04 Å². The standard InChI is InChI=1S/C14H18N2S2/c1-9-10(5-7-17-9)14(16-15)12-3-2-4-13-11(12)6-8-18-13/h5-8,12,14,16H,2-4,15H2,1H3. The first-order valence-electron chi connectivity index (χ1n) is 6.37. The smallest absolute Gasteiger partial charge is 0.0539 e. The largest absolute Gasteiger partial charge is 0.271 e. The summed E-state index contributed by atoms with van der Waals surface area (Å²) >= 11 is 3.69. The van der Waals surface area contributed by atoms with Crippen LogP contribution in [0.2, 0.25) is 0 Å². The molecule has 18 heavy (non-hydrogen) atoms. The van der Waals surface area contributed by atoms with Gasteiger partial charge in [-0.2, -0.15) is 0 Å². The Morgan fingerprint density at radius 1 is 1.33 bits per heavy atom. The van der Waals surface area contributed by atoms with E-state index in [1.807, 2.05) is 11.3 Å². The molecule has 0 aliphatic heterocycles. The molecule has 0 fully saturated rings. The second kappa shape index (κ2) is 5.13. The van der Waals surface area contributed by atoms with Crippen molar-refractivity contribution in [2.75, 3.05) is 0 Å². The maximum absolute atomic E-state index is 5.85. The molecule has 2 nitrogen and oxygen atoms in total. The van der Waals surface area contributed by atoms with E-state index in [4.69, 9.17) is 5.84 Å². The maximum atomic E-state index is 5.85. The molecule has 2 unspecified atom stereocenters. The first kappa shape index (κ1) is 12.4. The van der Waals surface area contributed by atoms with Gasteiger partial charge in [-0.1, -0.05) is 0 Å².